The van der Waals surface area contributed by atoms with E-state index in [1.54, 1.807) is 6.07 Å². The zero-order chi connectivity index (χ0) is 21.7. The molecule has 0 amide bonds. The lowest BCUT2D eigenvalue weighted by Gasteiger charge is -2.08. The fourth-order valence-corrected chi connectivity index (χ4v) is 4.52. The Balaban J connectivity index is 1.78. The number of nitriles is 1. The van der Waals surface area contributed by atoms with Crippen LogP contribution in [-0.2, 0) is 7.05 Å². The maximum atomic E-state index is 9.25. The highest BCUT2D eigenvalue weighted by Gasteiger charge is 2.20. The second-order valence-corrected chi connectivity index (χ2v) is 8.84. The Bertz CT molecular complexity index is 1500. The Morgan fingerprint density at radius 1 is 1.06 bits per heavy atom. The maximum Gasteiger partial charge on any atom is 0.163 e. The van der Waals surface area contributed by atoms with Crippen LogP contribution in [0.1, 0.15) is 31.0 Å². The lowest BCUT2D eigenvalue weighted by Crippen LogP contribution is -1.99. The zero-order valence-corrected chi connectivity index (χ0v) is 19.1. The summed E-state index contributed by atoms with van der Waals surface area (Å²) in [5, 5.41) is 16.5. The van der Waals surface area contributed by atoms with Gasteiger partial charge in [0.2, 0.25) is 0 Å². The molecule has 5 aromatic rings. The van der Waals surface area contributed by atoms with Crippen LogP contribution >= 0.6 is 15.9 Å². The van der Waals surface area contributed by atoms with Crippen LogP contribution < -0.4 is 0 Å². The smallest absolute Gasteiger partial charge is 0.163 e. The van der Waals surface area contributed by atoms with E-state index in [0.717, 1.165) is 38.0 Å². The number of fused-ring (bicyclic) bond motifs is 2. The minimum absolute atomic E-state index is 0.231. The molecule has 0 bridgehead atoms. The quantitative estimate of drug-likeness (QED) is 0.309. The number of aryl methyl sites for hydroxylation is 1. The second-order valence-electron chi connectivity index (χ2n) is 7.99. The molecule has 0 radical (unpaired) electrons. The van der Waals surface area contributed by atoms with Gasteiger partial charge in [-0.05, 0) is 75.4 Å². The van der Waals surface area contributed by atoms with Gasteiger partial charge in [0, 0.05) is 34.8 Å². The molecule has 5 nitrogen and oxygen atoms in total. The fraction of sp³-hybridized carbons (Fsp3) is 0.160. The summed E-state index contributed by atoms with van der Waals surface area (Å²) in [5.74, 6) is 0.231. The van der Waals surface area contributed by atoms with Crippen molar-refractivity contribution < 1.29 is 0 Å². The highest BCUT2D eigenvalue weighted by molar-refractivity contribution is 9.10. The summed E-state index contributed by atoms with van der Waals surface area (Å²) in [6.07, 6.45) is 3.92. The van der Waals surface area contributed by atoms with Gasteiger partial charge in [-0.25, -0.2) is 9.67 Å². The highest BCUT2D eigenvalue weighted by Crippen LogP contribution is 2.36. The molecule has 6 heteroatoms. The largest absolute Gasteiger partial charge is 0.351 e. The summed E-state index contributed by atoms with van der Waals surface area (Å²) < 4.78 is 4.75. The third kappa shape index (κ3) is 3.13. The summed E-state index contributed by atoms with van der Waals surface area (Å²) in [6, 6.07) is 18.6. The number of pyridine rings is 1. The molecule has 2 aromatic carbocycles. The topological polar surface area (TPSA) is 59.4 Å². The summed E-state index contributed by atoms with van der Waals surface area (Å²) in [7, 11) is 2.06. The van der Waals surface area contributed by atoms with Crippen LogP contribution in [0.5, 0.6) is 0 Å². The van der Waals surface area contributed by atoms with Crippen LogP contribution in [-0.4, -0.2) is 19.3 Å². The maximum absolute atomic E-state index is 9.25. The van der Waals surface area contributed by atoms with Gasteiger partial charge < -0.3 is 4.57 Å². The molecule has 0 saturated carbocycles. The predicted molar refractivity (Wildman–Crippen MR) is 127 cm³/mol. The predicted octanol–water partition coefficient (Wildman–Crippen LogP) is 6.34. The molecule has 152 valence electrons. The van der Waals surface area contributed by atoms with Crippen LogP contribution in [0.15, 0.2) is 65.4 Å². The minimum atomic E-state index is 0.231. The number of halogens is 1. The summed E-state index contributed by atoms with van der Waals surface area (Å²) in [4.78, 5) is 4.70. The van der Waals surface area contributed by atoms with E-state index >= 15 is 0 Å². The summed E-state index contributed by atoms with van der Waals surface area (Å²) >= 11 is 3.49. The van der Waals surface area contributed by atoms with E-state index in [0.29, 0.717) is 5.56 Å². The lowest BCUT2D eigenvalue weighted by molar-refractivity contribution is 0.776. The van der Waals surface area contributed by atoms with Crippen molar-refractivity contribution in [2.24, 2.45) is 7.05 Å². The fourth-order valence-electron chi connectivity index (χ4n) is 4.07. The van der Waals surface area contributed by atoms with Crippen LogP contribution in [0.2, 0.25) is 0 Å². The Kier molecular flexibility index (Phi) is 4.64. The molecule has 0 fully saturated rings. The third-order valence-electron chi connectivity index (χ3n) is 5.66. The first-order chi connectivity index (χ1) is 15.0. The van der Waals surface area contributed by atoms with Crippen LogP contribution in [0.3, 0.4) is 0 Å². The van der Waals surface area contributed by atoms with E-state index in [-0.39, 0.29) is 5.92 Å². The van der Waals surface area contributed by atoms with Crippen molar-refractivity contribution in [2.45, 2.75) is 19.8 Å². The van der Waals surface area contributed by atoms with Crippen molar-refractivity contribution in [3.8, 4) is 22.9 Å². The van der Waals surface area contributed by atoms with Crippen molar-refractivity contribution in [3.63, 3.8) is 0 Å². The average Bonchev–Trinajstić information content (AvgIpc) is 3.34. The molecular formula is C25H20BrN5. The number of hydrogen-bond donors (Lipinski definition) is 0. The monoisotopic (exact) mass is 469 g/mol. The van der Waals surface area contributed by atoms with E-state index in [2.05, 4.69) is 84.0 Å². The molecule has 0 saturated heterocycles. The van der Waals surface area contributed by atoms with Crippen LogP contribution in [0.25, 0.3) is 38.8 Å². The number of benzene rings is 2. The van der Waals surface area contributed by atoms with Gasteiger partial charge in [0.15, 0.2) is 5.65 Å². The molecule has 0 aliphatic rings. The number of aromatic nitrogens is 4. The molecule has 3 aromatic heterocycles. The van der Waals surface area contributed by atoms with Gasteiger partial charge in [-0.15, -0.1) is 0 Å². The Hall–Kier alpha value is -3.43. The normalized spacial score (nSPS) is 11.5. The SMILES string of the molecule is CC(C)c1nn(-c2ccc(C#N)c(Br)c2)c2nccc(-c3ccc4c(ccn4C)c3)c12. The van der Waals surface area contributed by atoms with Gasteiger partial charge in [0.1, 0.15) is 6.07 Å². The van der Waals surface area contributed by atoms with Crippen molar-refractivity contribution in [2.75, 3.05) is 0 Å². The van der Waals surface area contributed by atoms with Crippen LogP contribution in [0.4, 0.5) is 0 Å². The Labute approximate surface area is 188 Å². The van der Waals surface area contributed by atoms with E-state index in [1.165, 1.54) is 10.9 Å². The molecule has 0 unspecified atom stereocenters. The minimum Gasteiger partial charge on any atom is -0.351 e. The Morgan fingerprint density at radius 2 is 1.90 bits per heavy atom. The van der Waals surface area contributed by atoms with Gasteiger partial charge in [0.25, 0.3) is 0 Å². The van der Waals surface area contributed by atoms with Crippen LogP contribution in [0, 0.1) is 11.3 Å². The molecular weight excluding hydrogens is 450 g/mol. The van der Waals surface area contributed by atoms with Gasteiger partial charge in [-0.1, -0.05) is 19.9 Å². The lowest BCUT2D eigenvalue weighted by atomic mass is 9.98. The standard InChI is InChI=1S/C25H20BrN5/c1-15(2)24-23-20(16-5-7-22-17(12-16)9-11-30(22)3)8-10-28-25(23)31(29-24)19-6-4-18(14-27)21(26)13-19/h4-13,15H,1-3H3. The molecule has 0 spiro atoms. The van der Waals surface area contributed by atoms with E-state index in [4.69, 9.17) is 10.1 Å². The van der Waals surface area contributed by atoms with Crippen molar-refractivity contribution >= 4 is 37.9 Å². The molecule has 5 rings (SSSR count). The van der Waals surface area contributed by atoms with Gasteiger partial charge in [0.05, 0.1) is 22.3 Å². The molecule has 0 aliphatic heterocycles. The van der Waals surface area contributed by atoms with Crippen molar-refractivity contribution in [1.29, 1.82) is 5.26 Å². The second kappa shape index (κ2) is 7.36. The highest BCUT2D eigenvalue weighted by atomic mass is 79.9. The van der Waals surface area contributed by atoms with Gasteiger partial charge >= 0.3 is 0 Å². The van der Waals surface area contributed by atoms with E-state index < -0.39 is 0 Å². The summed E-state index contributed by atoms with van der Waals surface area (Å²) in [5.41, 5.74) is 6.75. The number of hydrogen-bond acceptors (Lipinski definition) is 3. The van der Waals surface area contributed by atoms with E-state index in [1.807, 2.05) is 23.0 Å². The number of nitrogens with zero attached hydrogens (tertiary/aromatic N) is 5. The molecule has 0 N–H and O–H groups in total. The van der Waals surface area contributed by atoms with E-state index in [9.17, 15) is 5.26 Å². The first kappa shape index (κ1) is 19.5. The molecule has 0 atom stereocenters. The first-order valence-corrected chi connectivity index (χ1v) is 10.9. The average molecular weight is 470 g/mol. The molecule has 3 heterocycles. The number of rotatable bonds is 3. The Morgan fingerprint density at radius 3 is 2.65 bits per heavy atom. The zero-order valence-electron chi connectivity index (χ0n) is 17.5. The summed E-state index contributed by atoms with van der Waals surface area (Å²) in [6.45, 7) is 4.30. The van der Waals surface area contributed by atoms with Crippen molar-refractivity contribution in [3.05, 3.63) is 76.7 Å². The van der Waals surface area contributed by atoms with Gasteiger partial charge in [-0.3, -0.25) is 0 Å². The molecule has 31 heavy (non-hydrogen) atoms. The van der Waals surface area contributed by atoms with Crippen molar-refractivity contribution in [1.82, 2.24) is 19.3 Å². The first-order valence-electron chi connectivity index (χ1n) is 10.1. The molecule has 0 aliphatic carbocycles. The van der Waals surface area contributed by atoms with Gasteiger partial charge in [-0.2, -0.15) is 10.4 Å². The third-order valence-corrected chi connectivity index (χ3v) is 6.31.